The van der Waals surface area contributed by atoms with Crippen molar-refractivity contribution >= 4 is 11.5 Å². The molecule has 0 aliphatic heterocycles. The van der Waals surface area contributed by atoms with E-state index in [0.717, 1.165) is 5.56 Å². The van der Waals surface area contributed by atoms with E-state index in [1.54, 1.807) is 19.2 Å². The molecule has 0 fully saturated rings. The number of likely N-dealkylation sites (N-methyl/N-ethyl adjacent to an activating group) is 1. The van der Waals surface area contributed by atoms with E-state index in [2.05, 4.69) is 5.10 Å². The lowest BCUT2D eigenvalue weighted by Gasteiger charge is -2.14. The Morgan fingerprint density at radius 1 is 1.36 bits per heavy atom. The lowest BCUT2D eigenvalue weighted by Crippen LogP contribution is -2.39. The van der Waals surface area contributed by atoms with Crippen molar-refractivity contribution in [3.05, 3.63) is 35.9 Å². The smallest absolute Gasteiger partial charge is 0.187 e. The molecule has 0 aliphatic carbocycles. The third-order valence-electron chi connectivity index (χ3n) is 1.74. The number of hydrazine groups is 1. The number of nitrogens with zero attached hydrogens (tertiary/aromatic N) is 2. The van der Waals surface area contributed by atoms with E-state index in [9.17, 15) is 0 Å². The number of benzene rings is 1. The lowest BCUT2D eigenvalue weighted by atomic mass is 10.1. The zero-order chi connectivity index (χ0) is 10.6. The van der Waals surface area contributed by atoms with Crippen molar-refractivity contribution < 1.29 is 0 Å². The maximum atomic E-state index is 7.78. The quantitative estimate of drug-likeness (QED) is 0.268. The predicted molar refractivity (Wildman–Crippen MR) is 56.8 cm³/mol. The molecule has 0 bridgehead atoms. The third kappa shape index (κ3) is 2.08. The molecule has 0 spiro atoms. The van der Waals surface area contributed by atoms with Crippen LogP contribution < -0.4 is 11.7 Å². The van der Waals surface area contributed by atoms with Crippen molar-refractivity contribution in [2.24, 2.45) is 16.8 Å². The van der Waals surface area contributed by atoms with Crippen LogP contribution in [0.5, 0.6) is 0 Å². The Morgan fingerprint density at radius 2 is 1.93 bits per heavy atom. The Bertz CT molecular complexity index is 341. The van der Waals surface area contributed by atoms with Crippen LogP contribution in [0.1, 0.15) is 5.56 Å². The molecule has 0 aliphatic rings. The molecule has 1 aromatic rings. The van der Waals surface area contributed by atoms with E-state index in [0.29, 0.717) is 0 Å². The van der Waals surface area contributed by atoms with Gasteiger partial charge in [-0.3, -0.25) is 10.4 Å². The number of hydrogen-bond donors (Lipinski definition) is 3. The maximum absolute atomic E-state index is 7.78. The molecule has 5 nitrogen and oxygen atoms in total. The van der Waals surface area contributed by atoms with Crippen LogP contribution >= 0.6 is 0 Å². The molecular formula is C9H13N5. The summed E-state index contributed by atoms with van der Waals surface area (Å²) in [7, 11) is 1.59. The minimum atomic E-state index is 0.207. The zero-order valence-corrected chi connectivity index (χ0v) is 7.94. The molecule has 0 aromatic heterocycles. The van der Waals surface area contributed by atoms with Crippen molar-refractivity contribution in [1.29, 1.82) is 5.41 Å². The fourth-order valence-corrected chi connectivity index (χ4v) is 1.07. The van der Waals surface area contributed by atoms with Crippen molar-refractivity contribution in [3.63, 3.8) is 0 Å². The van der Waals surface area contributed by atoms with Gasteiger partial charge >= 0.3 is 0 Å². The summed E-state index contributed by atoms with van der Waals surface area (Å²) in [6.07, 6.45) is 0. The van der Waals surface area contributed by atoms with Gasteiger partial charge in [-0.05, 0) is 0 Å². The molecule has 0 unspecified atom stereocenters. The number of nitrogens with one attached hydrogen (secondary N) is 1. The largest absolute Gasteiger partial charge is 0.321 e. The minimum absolute atomic E-state index is 0.207. The Labute approximate surface area is 82.5 Å². The van der Waals surface area contributed by atoms with Crippen molar-refractivity contribution in [1.82, 2.24) is 5.01 Å². The monoisotopic (exact) mass is 191 g/mol. The Kier molecular flexibility index (Phi) is 3.19. The second-order valence-corrected chi connectivity index (χ2v) is 2.80. The zero-order valence-electron chi connectivity index (χ0n) is 7.94. The summed E-state index contributed by atoms with van der Waals surface area (Å²) in [4.78, 5) is 0. The number of amidine groups is 1. The standard InChI is InChI=1S/C9H13N5/c1-14(12)9(13-11)8(10)7-5-3-2-4-6-7/h2-6,10H,11-12H2,1H3/b10-8?,13-9-. The summed E-state index contributed by atoms with van der Waals surface area (Å²) in [6.45, 7) is 0. The molecule has 0 saturated heterocycles. The van der Waals surface area contributed by atoms with E-state index in [1.807, 2.05) is 18.2 Å². The average Bonchev–Trinajstić information content (AvgIpc) is 2.19. The molecule has 0 atom stereocenters. The summed E-state index contributed by atoms with van der Waals surface area (Å²) in [5.74, 6) is 10.9. The van der Waals surface area contributed by atoms with Gasteiger partial charge < -0.3 is 5.84 Å². The van der Waals surface area contributed by atoms with Gasteiger partial charge in [-0.1, -0.05) is 30.3 Å². The van der Waals surface area contributed by atoms with Gasteiger partial charge in [0.05, 0.1) is 0 Å². The van der Waals surface area contributed by atoms with E-state index < -0.39 is 0 Å². The van der Waals surface area contributed by atoms with Crippen LogP contribution in [-0.2, 0) is 0 Å². The molecule has 74 valence electrons. The summed E-state index contributed by atoms with van der Waals surface area (Å²) < 4.78 is 0. The molecular weight excluding hydrogens is 178 g/mol. The predicted octanol–water partition coefficient (Wildman–Crippen LogP) is 0.132. The molecule has 0 amide bonds. The molecule has 0 heterocycles. The fourth-order valence-electron chi connectivity index (χ4n) is 1.07. The number of hydrazone groups is 1. The highest BCUT2D eigenvalue weighted by Crippen LogP contribution is 2.01. The molecule has 14 heavy (non-hydrogen) atoms. The van der Waals surface area contributed by atoms with Gasteiger partial charge in [0.25, 0.3) is 0 Å². The highest BCUT2D eigenvalue weighted by Gasteiger charge is 2.11. The van der Waals surface area contributed by atoms with Crippen molar-refractivity contribution in [2.75, 3.05) is 7.05 Å². The first kappa shape index (κ1) is 10.2. The first-order valence-electron chi connectivity index (χ1n) is 4.07. The van der Waals surface area contributed by atoms with Crippen molar-refractivity contribution in [3.8, 4) is 0 Å². The normalized spacial score (nSPS) is 11.1. The SMILES string of the molecule is CN(N)/C(=N\N)C(=N)c1ccccc1. The molecule has 1 rings (SSSR count). The minimum Gasteiger partial charge on any atom is -0.321 e. The van der Waals surface area contributed by atoms with Crippen LogP contribution in [0.4, 0.5) is 0 Å². The van der Waals surface area contributed by atoms with E-state index in [-0.39, 0.29) is 11.5 Å². The fraction of sp³-hybridized carbons (Fsp3) is 0.111. The van der Waals surface area contributed by atoms with Crippen molar-refractivity contribution in [2.45, 2.75) is 0 Å². The van der Waals surface area contributed by atoms with Gasteiger partial charge in [0, 0.05) is 12.6 Å². The first-order valence-corrected chi connectivity index (χ1v) is 4.07. The van der Waals surface area contributed by atoms with Crippen LogP contribution in [0.3, 0.4) is 0 Å². The van der Waals surface area contributed by atoms with E-state index in [1.165, 1.54) is 5.01 Å². The number of nitrogens with two attached hydrogens (primary N) is 2. The van der Waals surface area contributed by atoms with Crippen LogP contribution in [0, 0.1) is 5.41 Å². The molecule has 0 radical (unpaired) electrons. The second-order valence-electron chi connectivity index (χ2n) is 2.80. The molecule has 0 saturated carbocycles. The van der Waals surface area contributed by atoms with E-state index >= 15 is 0 Å². The Morgan fingerprint density at radius 3 is 2.36 bits per heavy atom. The molecule has 5 heteroatoms. The summed E-state index contributed by atoms with van der Waals surface area (Å²) in [5, 5.41) is 12.5. The van der Waals surface area contributed by atoms with Crippen LogP contribution in [0.25, 0.3) is 0 Å². The van der Waals surface area contributed by atoms with E-state index in [4.69, 9.17) is 17.1 Å². The third-order valence-corrected chi connectivity index (χ3v) is 1.74. The number of hydrogen-bond acceptors (Lipinski definition) is 4. The van der Waals surface area contributed by atoms with Gasteiger partial charge in [0.15, 0.2) is 5.84 Å². The second kappa shape index (κ2) is 4.38. The maximum Gasteiger partial charge on any atom is 0.187 e. The van der Waals surface area contributed by atoms with Gasteiger partial charge in [-0.2, -0.15) is 5.10 Å². The summed E-state index contributed by atoms with van der Waals surface area (Å²) in [6, 6.07) is 9.17. The molecule has 1 aromatic carbocycles. The molecule has 5 N–H and O–H groups in total. The van der Waals surface area contributed by atoms with Crippen LogP contribution in [0.15, 0.2) is 35.4 Å². The first-order chi connectivity index (χ1) is 6.66. The van der Waals surface area contributed by atoms with Crippen LogP contribution in [0.2, 0.25) is 0 Å². The van der Waals surface area contributed by atoms with Gasteiger partial charge in [0.2, 0.25) is 0 Å². The topological polar surface area (TPSA) is 91.5 Å². The Hall–Kier alpha value is -1.88. The average molecular weight is 191 g/mol. The van der Waals surface area contributed by atoms with Gasteiger partial charge in [-0.25, -0.2) is 5.84 Å². The summed E-state index contributed by atoms with van der Waals surface area (Å²) >= 11 is 0. The highest BCUT2D eigenvalue weighted by molar-refractivity contribution is 6.45. The Balaban J connectivity index is 2.96. The summed E-state index contributed by atoms with van der Waals surface area (Å²) in [5.41, 5.74) is 0.937. The highest BCUT2D eigenvalue weighted by atomic mass is 15.4. The van der Waals surface area contributed by atoms with Gasteiger partial charge in [-0.15, -0.1) is 0 Å². The van der Waals surface area contributed by atoms with Crippen LogP contribution in [-0.4, -0.2) is 23.6 Å². The lowest BCUT2D eigenvalue weighted by molar-refractivity contribution is 0.543. The van der Waals surface area contributed by atoms with Gasteiger partial charge in [0.1, 0.15) is 5.71 Å². The number of rotatable bonds is 2.